The predicted molar refractivity (Wildman–Crippen MR) is 162 cm³/mol. The zero-order chi connectivity index (χ0) is 30.1. The standard InChI is InChI=1S/C31H27BrCl2N2O6/c1-3-16-8-10-17(11-9-16)36-26(38)19-13-12-18-21(23(19)27(36)39)14-30(33)28(40)35(15-32)29(41)31(30,34)24(18)20-6-5-7-22(25(20)37)42-4-2/h3,5-12,19,21,23-24,37H,1,4,13-15H2,2H3. The highest BCUT2D eigenvalue weighted by molar-refractivity contribution is 9.09. The van der Waals surface area contributed by atoms with E-state index < -0.39 is 51.1 Å². The number of benzene rings is 2. The van der Waals surface area contributed by atoms with E-state index in [2.05, 4.69) is 22.5 Å². The highest BCUT2D eigenvalue weighted by Gasteiger charge is 2.76. The lowest BCUT2D eigenvalue weighted by Gasteiger charge is -2.50. The SMILES string of the molecule is C=Cc1ccc(N2C(=O)C3CC=C4C(CC5(Cl)C(=O)N(CBr)C(=O)C5(Cl)C4c4cccc(OCC)c4O)C3C2=O)cc1. The topological polar surface area (TPSA) is 104 Å². The molecule has 42 heavy (non-hydrogen) atoms. The Balaban J connectivity index is 1.52. The molecule has 6 unspecified atom stereocenters. The molecule has 0 aromatic heterocycles. The molecule has 11 heteroatoms. The maximum atomic E-state index is 14.1. The number of halogens is 3. The molecule has 0 spiro atoms. The summed E-state index contributed by atoms with van der Waals surface area (Å²) in [6.45, 7) is 5.79. The molecule has 2 aromatic rings. The van der Waals surface area contributed by atoms with Gasteiger partial charge in [0.1, 0.15) is 0 Å². The fourth-order valence-corrected chi connectivity index (χ4v) is 8.57. The molecule has 3 fully saturated rings. The van der Waals surface area contributed by atoms with Crippen molar-refractivity contribution in [1.29, 1.82) is 0 Å². The van der Waals surface area contributed by atoms with E-state index in [1.54, 1.807) is 55.5 Å². The van der Waals surface area contributed by atoms with Crippen LogP contribution in [0.25, 0.3) is 6.08 Å². The molecule has 2 saturated heterocycles. The quantitative estimate of drug-likeness (QED) is 0.192. The van der Waals surface area contributed by atoms with Gasteiger partial charge in [0.2, 0.25) is 11.8 Å². The lowest BCUT2D eigenvalue weighted by molar-refractivity contribution is -0.138. The van der Waals surface area contributed by atoms with Crippen LogP contribution in [0, 0.1) is 17.8 Å². The lowest BCUT2D eigenvalue weighted by Crippen LogP contribution is -2.60. The van der Waals surface area contributed by atoms with Gasteiger partial charge in [-0.3, -0.25) is 29.0 Å². The monoisotopic (exact) mass is 672 g/mol. The molecule has 1 N–H and O–H groups in total. The summed E-state index contributed by atoms with van der Waals surface area (Å²) in [5.41, 5.74) is 1.99. The number of hydrogen-bond acceptors (Lipinski definition) is 6. The number of hydrogen-bond donors (Lipinski definition) is 1. The summed E-state index contributed by atoms with van der Waals surface area (Å²) in [5.74, 6) is -5.50. The second-order valence-electron chi connectivity index (χ2n) is 10.9. The van der Waals surface area contributed by atoms with E-state index in [4.69, 9.17) is 27.9 Å². The number of likely N-dealkylation sites (tertiary alicyclic amines) is 1. The van der Waals surface area contributed by atoms with E-state index in [1.807, 2.05) is 6.08 Å². The number of fused-ring (bicyclic) bond motifs is 4. The molecule has 0 bridgehead atoms. The van der Waals surface area contributed by atoms with Crippen molar-refractivity contribution >= 4 is 74.5 Å². The number of phenolic OH excluding ortho intramolecular Hbond substituents is 1. The number of anilines is 1. The van der Waals surface area contributed by atoms with Crippen molar-refractivity contribution in [2.75, 3.05) is 17.0 Å². The maximum absolute atomic E-state index is 14.1. The highest BCUT2D eigenvalue weighted by atomic mass is 79.9. The summed E-state index contributed by atoms with van der Waals surface area (Å²) in [5, 5.41) is 11.4. The molecule has 0 radical (unpaired) electrons. The number of allylic oxidation sites excluding steroid dienone is 2. The molecule has 4 aliphatic rings. The normalized spacial score (nSPS) is 32.0. The molecule has 218 valence electrons. The average Bonchev–Trinajstić information content (AvgIpc) is 3.32. The largest absolute Gasteiger partial charge is 0.504 e. The van der Waals surface area contributed by atoms with Gasteiger partial charge in [-0.1, -0.05) is 64.5 Å². The predicted octanol–water partition coefficient (Wildman–Crippen LogP) is 5.35. The summed E-state index contributed by atoms with van der Waals surface area (Å²) >= 11 is 17.7. The number of phenols is 1. The maximum Gasteiger partial charge on any atom is 0.254 e. The molecular formula is C31H27BrCl2N2O6. The number of ether oxygens (including phenoxy) is 1. The van der Waals surface area contributed by atoms with Crippen LogP contribution in [0.15, 0.2) is 60.7 Å². The lowest BCUT2D eigenvalue weighted by atomic mass is 9.56. The average molecular weight is 674 g/mol. The fraction of sp³-hybridized carbons (Fsp3) is 0.355. The van der Waals surface area contributed by atoms with Crippen LogP contribution >= 0.6 is 39.1 Å². The number of imide groups is 2. The Morgan fingerprint density at radius 2 is 1.79 bits per heavy atom. The zero-order valence-electron chi connectivity index (χ0n) is 22.6. The van der Waals surface area contributed by atoms with Crippen LogP contribution in [0.4, 0.5) is 5.69 Å². The van der Waals surface area contributed by atoms with E-state index in [9.17, 15) is 24.3 Å². The molecule has 2 aliphatic carbocycles. The summed E-state index contributed by atoms with van der Waals surface area (Å²) in [7, 11) is 0. The first kappa shape index (κ1) is 29.0. The highest BCUT2D eigenvalue weighted by Crippen LogP contribution is 2.66. The van der Waals surface area contributed by atoms with Gasteiger partial charge in [-0.2, -0.15) is 0 Å². The van der Waals surface area contributed by atoms with Crippen LogP contribution in [0.3, 0.4) is 0 Å². The van der Waals surface area contributed by atoms with Crippen molar-refractivity contribution in [3.05, 3.63) is 71.8 Å². The van der Waals surface area contributed by atoms with E-state index in [1.165, 1.54) is 4.90 Å². The van der Waals surface area contributed by atoms with E-state index in [0.717, 1.165) is 10.5 Å². The van der Waals surface area contributed by atoms with Gasteiger partial charge >= 0.3 is 0 Å². The summed E-state index contributed by atoms with van der Waals surface area (Å²) < 4.78 is 5.62. The van der Waals surface area contributed by atoms with Crippen molar-refractivity contribution in [2.24, 2.45) is 17.8 Å². The van der Waals surface area contributed by atoms with E-state index >= 15 is 0 Å². The Kier molecular flexibility index (Phi) is 7.06. The minimum atomic E-state index is -2.01. The third-order valence-electron chi connectivity index (χ3n) is 9.04. The number of nitrogens with zero attached hydrogens (tertiary/aromatic N) is 2. The van der Waals surface area contributed by atoms with Gasteiger partial charge in [0, 0.05) is 11.5 Å². The molecule has 6 rings (SSSR count). The van der Waals surface area contributed by atoms with Crippen LogP contribution in [-0.2, 0) is 19.2 Å². The second kappa shape index (κ2) is 10.2. The first-order valence-corrected chi connectivity index (χ1v) is 15.5. The molecule has 4 amide bonds. The Morgan fingerprint density at radius 3 is 2.43 bits per heavy atom. The minimum Gasteiger partial charge on any atom is -0.504 e. The molecule has 2 heterocycles. The Labute approximate surface area is 261 Å². The Bertz CT molecular complexity index is 1580. The number of alkyl halides is 3. The van der Waals surface area contributed by atoms with Gasteiger partial charge in [0.25, 0.3) is 11.8 Å². The summed E-state index contributed by atoms with van der Waals surface area (Å²) in [4.78, 5) is 53.7. The van der Waals surface area contributed by atoms with Crippen LogP contribution < -0.4 is 9.64 Å². The van der Waals surface area contributed by atoms with Crippen molar-refractivity contribution in [1.82, 2.24) is 4.90 Å². The number of para-hydroxylation sites is 1. The van der Waals surface area contributed by atoms with Gasteiger partial charge in [-0.15, -0.1) is 23.2 Å². The van der Waals surface area contributed by atoms with Crippen LogP contribution in [-0.4, -0.2) is 55.4 Å². The first-order chi connectivity index (χ1) is 20.0. The second-order valence-corrected chi connectivity index (χ2v) is 12.7. The molecule has 2 aromatic carbocycles. The van der Waals surface area contributed by atoms with Crippen LogP contribution in [0.2, 0.25) is 0 Å². The zero-order valence-corrected chi connectivity index (χ0v) is 25.7. The van der Waals surface area contributed by atoms with Crippen LogP contribution in [0.5, 0.6) is 11.5 Å². The number of carbonyl (C=O) groups is 4. The van der Waals surface area contributed by atoms with E-state index in [-0.39, 0.29) is 47.9 Å². The molecule has 6 atom stereocenters. The van der Waals surface area contributed by atoms with Crippen molar-refractivity contribution in [2.45, 2.75) is 35.4 Å². The summed E-state index contributed by atoms with van der Waals surface area (Å²) in [6.07, 6.45) is 3.58. The third-order valence-corrected chi connectivity index (χ3v) is 11.0. The fourth-order valence-electron chi connectivity index (χ4n) is 7.16. The number of aromatic hydroxyl groups is 1. The van der Waals surface area contributed by atoms with Gasteiger partial charge in [-0.05, 0) is 49.4 Å². The van der Waals surface area contributed by atoms with Crippen molar-refractivity contribution in [3.63, 3.8) is 0 Å². The molecule has 8 nitrogen and oxygen atoms in total. The minimum absolute atomic E-state index is 0.132. The molecule has 1 saturated carbocycles. The molecule has 2 aliphatic heterocycles. The van der Waals surface area contributed by atoms with Gasteiger partial charge < -0.3 is 9.84 Å². The Morgan fingerprint density at radius 1 is 1.07 bits per heavy atom. The number of rotatable bonds is 6. The first-order valence-electron chi connectivity index (χ1n) is 13.6. The van der Waals surface area contributed by atoms with Gasteiger partial charge in [-0.25, -0.2) is 0 Å². The molecular weight excluding hydrogens is 647 g/mol. The number of amides is 4. The number of carbonyl (C=O) groups excluding carboxylic acids is 4. The van der Waals surface area contributed by atoms with E-state index in [0.29, 0.717) is 11.3 Å². The Hall–Kier alpha value is -3.14. The van der Waals surface area contributed by atoms with Gasteiger partial charge in [0.15, 0.2) is 21.2 Å². The van der Waals surface area contributed by atoms with Gasteiger partial charge in [0.05, 0.1) is 29.6 Å². The third kappa shape index (κ3) is 3.72. The summed E-state index contributed by atoms with van der Waals surface area (Å²) in [6, 6.07) is 11.8. The van der Waals surface area contributed by atoms with Crippen molar-refractivity contribution < 1.29 is 29.0 Å². The smallest absolute Gasteiger partial charge is 0.254 e. The van der Waals surface area contributed by atoms with Crippen molar-refractivity contribution in [3.8, 4) is 11.5 Å². The van der Waals surface area contributed by atoms with Crippen LogP contribution in [0.1, 0.15) is 36.8 Å².